The van der Waals surface area contributed by atoms with E-state index >= 15 is 0 Å². The summed E-state index contributed by atoms with van der Waals surface area (Å²) >= 11 is 1.89. The topological polar surface area (TPSA) is 12.5 Å². The Kier molecular flexibility index (Phi) is 8.17. The van der Waals surface area contributed by atoms with Gasteiger partial charge in [-0.3, -0.25) is 0 Å². The Labute approximate surface area is 405 Å². The van der Waals surface area contributed by atoms with E-state index in [2.05, 4.69) is 254 Å². The van der Waals surface area contributed by atoms with E-state index in [0.29, 0.717) is 0 Å². The number of fused-ring (bicyclic) bond motifs is 20. The highest BCUT2D eigenvalue weighted by Gasteiger charge is 2.54. The largest absolute Gasteiger partial charge is 0.457 e. The predicted octanol–water partition coefficient (Wildman–Crippen LogP) is 17.3. The van der Waals surface area contributed by atoms with E-state index in [4.69, 9.17) is 4.74 Å². The molecule has 0 aromatic heterocycles. The van der Waals surface area contributed by atoms with Crippen molar-refractivity contribution in [2.75, 3.05) is 4.90 Å². The van der Waals surface area contributed by atoms with E-state index in [1.807, 2.05) is 11.8 Å². The van der Waals surface area contributed by atoms with Crippen LogP contribution in [-0.2, 0) is 10.8 Å². The monoisotopic (exact) mass is 895 g/mol. The molecule has 11 aromatic rings. The summed E-state index contributed by atoms with van der Waals surface area (Å²) in [4.78, 5) is 5.17. The minimum Gasteiger partial charge on any atom is -0.457 e. The maximum absolute atomic E-state index is 6.77. The molecule has 0 saturated carbocycles. The molecule has 0 N–H and O–H groups in total. The highest BCUT2D eigenvalue weighted by molar-refractivity contribution is 7.99. The van der Waals surface area contributed by atoms with Gasteiger partial charge in [-0.25, -0.2) is 0 Å². The number of hydrogen-bond donors (Lipinski definition) is 0. The van der Waals surface area contributed by atoms with Crippen molar-refractivity contribution in [1.29, 1.82) is 0 Å². The highest BCUT2D eigenvalue weighted by atomic mass is 32.2. The van der Waals surface area contributed by atoms with Gasteiger partial charge in [0.15, 0.2) is 0 Å². The number of rotatable bonds is 4. The number of benzene rings is 11. The number of hydrogen-bond acceptors (Lipinski definition) is 3. The lowest BCUT2D eigenvalue weighted by Gasteiger charge is -2.40. The lowest BCUT2D eigenvalue weighted by Crippen LogP contribution is -2.32. The molecule has 0 fully saturated rings. The van der Waals surface area contributed by atoms with Gasteiger partial charge in [0, 0.05) is 37.7 Å². The SMILES string of the molecule is c1ccc(-c2ccc(N(c3cccc4c3-c3ccccc3C43c4ccccc4Oc4ccccc43)c3cccc4c3-c3c(ccc5ccccc35)C43c4ccccc4Sc4ccccc43)cc2)cc1. The Morgan fingerprint density at radius 1 is 0.319 bits per heavy atom. The van der Waals surface area contributed by atoms with Crippen LogP contribution in [0.15, 0.2) is 259 Å². The molecule has 322 valence electrons. The molecular formula is C66H41NOS. The molecule has 2 aliphatic heterocycles. The van der Waals surface area contributed by atoms with Gasteiger partial charge in [-0.2, -0.15) is 0 Å². The molecule has 69 heavy (non-hydrogen) atoms. The fourth-order valence-corrected chi connectivity index (χ4v) is 14.0. The van der Waals surface area contributed by atoms with Crippen LogP contribution in [0.3, 0.4) is 0 Å². The zero-order valence-electron chi connectivity index (χ0n) is 37.4. The Hall–Kier alpha value is -8.37. The fraction of sp³-hybridized carbons (Fsp3) is 0.0303. The number of nitrogens with zero attached hydrogens (tertiary/aromatic N) is 1. The van der Waals surface area contributed by atoms with Crippen molar-refractivity contribution in [1.82, 2.24) is 0 Å². The summed E-state index contributed by atoms with van der Waals surface area (Å²) in [5.41, 5.74) is 19.6. The second-order valence-electron chi connectivity index (χ2n) is 18.6. The van der Waals surface area contributed by atoms with E-state index < -0.39 is 10.8 Å². The molecule has 0 radical (unpaired) electrons. The van der Waals surface area contributed by atoms with E-state index in [9.17, 15) is 0 Å². The van der Waals surface area contributed by atoms with Gasteiger partial charge in [-0.1, -0.05) is 212 Å². The van der Waals surface area contributed by atoms with Crippen molar-refractivity contribution >= 4 is 39.6 Å². The third-order valence-electron chi connectivity index (χ3n) is 15.4. The second kappa shape index (κ2) is 14.6. The molecule has 4 aliphatic rings. The van der Waals surface area contributed by atoms with Crippen LogP contribution in [0.25, 0.3) is 44.2 Å². The van der Waals surface area contributed by atoms with Crippen molar-refractivity contribution < 1.29 is 4.74 Å². The van der Waals surface area contributed by atoms with Crippen LogP contribution >= 0.6 is 11.8 Å². The maximum Gasteiger partial charge on any atom is 0.132 e. The maximum atomic E-state index is 6.77. The van der Waals surface area contributed by atoms with Crippen molar-refractivity contribution in [3.05, 3.63) is 293 Å². The summed E-state index contributed by atoms with van der Waals surface area (Å²) in [5, 5.41) is 2.49. The van der Waals surface area contributed by atoms with E-state index in [1.54, 1.807) is 0 Å². The molecule has 0 unspecified atom stereocenters. The van der Waals surface area contributed by atoms with Gasteiger partial charge >= 0.3 is 0 Å². The summed E-state index contributed by atoms with van der Waals surface area (Å²) in [7, 11) is 0. The summed E-state index contributed by atoms with van der Waals surface area (Å²) in [5.74, 6) is 1.77. The average molecular weight is 896 g/mol. The normalized spacial score (nSPS) is 14.4. The molecular weight excluding hydrogens is 855 g/mol. The second-order valence-corrected chi connectivity index (χ2v) is 19.7. The van der Waals surface area contributed by atoms with Crippen LogP contribution in [0.2, 0.25) is 0 Å². The molecule has 0 bridgehead atoms. The number of para-hydroxylation sites is 2. The first-order valence-electron chi connectivity index (χ1n) is 23.8. The van der Waals surface area contributed by atoms with Crippen molar-refractivity contribution in [3.8, 4) is 44.9 Å². The first-order chi connectivity index (χ1) is 34.2. The van der Waals surface area contributed by atoms with Gasteiger partial charge < -0.3 is 9.64 Å². The lowest BCUT2D eigenvalue weighted by atomic mass is 9.66. The first kappa shape index (κ1) is 38.7. The summed E-state index contributed by atoms with van der Waals surface area (Å²) in [6.07, 6.45) is 0. The van der Waals surface area contributed by atoms with E-state index in [-0.39, 0.29) is 0 Å². The molecule has 2 nitrogen and oxygen atoms in total. The van der Waals surface area contributed by atoms with E-state index in [1.165, 1.54) is 87.3 Å². The van der Waals surface area contributed by atoms with Crippen molar-refractivity contribution in [3.63, 3.8) is 0 Å². The Morgan fingerprint density at radius 3 is 1.51 bits per heavy atom. The van der Waals surface area contributed by atoms with Crippen molar-refractivity contribution in [2.45, 2.75) is 20.6 Å². The van der Waals surface area contributed by atoms with Crippen LogP contribution in [-0.4, -0.2) is 0 Å². The summed E-state index contributed by atoms with van der Waals surface area (Å²) < 4.78 is 6.77. The Bertz CT molecular complexity index is 3840. The minimum atomic E-state index is -0.616. The van der Waals surface area contributed by atoms with Gasteiger partial charge in [0.25, 0.3) is 0 Å². The standard InChI is InChI=1S/C66H41NOS/c1-2-18-42(19-3-1)43-36-39-45(40-37-43)67(56-30-16-28-53-62(56)47-22-6-7-23-48(47)65(53)49-24-8-12-32-58(49)68-59-33-13-9-25-50(59)65)57-31-17-29-54-64(57)63-46-21-5-4-20-44(46)38-41-55(63)66(54)51-26-10-14-34-60(51)69-61-35-15-11-27-52(61)66/h1-41H. The van der Waals surface area contributed by atoms with Gasteiger partial charge in [0.1, 0.15) is 11.5 Å². The molecule has 2 aliphatic carbocycles. The van der Waals surface area contributed by atoms with E-state index in [0.717, 1.165) is 39.7 Å². The zero-order chi connectivity index (χ0) is 45.3. The molecule has 15 rings (SSSR count). The van der Waals surface area contributed by atoms with Gasteiger partial charge in [0.05, 0.1) is 22.2 Å². The number of anilines is 3. The summed E-state index contributed by atoms with van der Waals surface area (Å²) in [6, 6.07) is 92.4. The van der Waals surface area contributed by atoms with Crippen LogP contribution in [0, 0.1) is 0 Å². The quantitative estimate of drug-likeness (QED) is 0.175. The molecule has 0 atom stereocenters. The minimum absolute atomic E-state index is 0.559. The first-order valence-corrected chi connectivity index (χ1v) is 24.6. The fourth-order valence-electron chi connectivity index (χ4n) is 12.8. The van der Waals surface area contributed by atoms with Crippen LogP contribution in [0.5, 0.6) is 11.5 Å². The number of ether oxygens (including phenoxy) is 1. The molecule has 3 heteroatoms. The van der Waals surface area contributed by atoms with Crippen molar-refractivity contribution in [2.24, 2.45) is 0 Å². The zero-order valence-corrected chi connectivity index (χ0v) is 38.3. The van der Waals surface area contributed by atoms with Crippen LogP contribution in [0.1, 0.15) is 44.5 Å². The molecule has 11 aromatic carbocycles. The third kappa shape index (κ3) is 5.12. The third-order valence-corrected chi connectivity index (χ3v) is 16.5. The molecule has 0 amide bonds. The highest BCUT2D eigenvalue weighted by Crippen LogP contribution is 2.67. The molecule has 2 heterocycles. The predicted molar refractivity (Wildman–Crippen MR) is 283 cm³/mol. The van der Waals surface area contributed by atoms with Gasteiger partial charge in [0.2, 0.25) is 0 Å². The molecule has 0 saturated heterocycles. The Morgan fingerprint density at radius 2 is 0.812 bits per heavy atom. The van der Waals surface area contributed by atoms with Crippen LogP contribution < -0.4 is 9.64 Å². The smallest absolute Gasteiger partial charge is 0.132 e. The lowest BCUT2D eigenvalue weighted by molar-refractivity contribution is 0.436. The molecule has 2 spiro atoms. The van der Waals surface area contributed by atoms with Crippen LogP contribution in [0.4, 0.5) is 17.1 Å². The Balaban J connectivity index is 1.08. The van der Waals surface area contributed by atoms with Gasteiger partial charge in [-0.05, 0) is 115 Å². The average Bonchev–Trinajstić information content (AvgIpc) is 3.89. The van der Waals surface area contributed by atoms with Gasteiger partial charge in [-0.15, -0.1) is 0 Å². The summed E-state index contributed by atoms with van der Waals surface area (Å²) in [6.45, 7) is 0.